The molecule has 34 heavy (non-hydrogen) atoms. The van der Waals surface area contributed by atoms with Crippen LogP contribution in [0.1, 0.15) is 119 Å². The molecule has 3 aliphatic carbocycles. The van der Waals surface area contributed by atoms with Crippen molar-refractivity contribution in [2.45, 2.75) is 155 Å². The molecule has 2 saturated heterocycles. The van der Waals surface area contributed by atoms with Crippen molar-refractivity contribution >= 4 is 0 Å². The minimum Gasteiger partial charge on any atom is -0.390 e. The maximum absolute atomic E-state index is 10.8. The van der Waals surface area contributed by atoms with E-state index in [4.69, 9.17) is 9.47 Å². The van der Waals surface area contributed by atoms with Gasteiger partial charge in [0, 0.05) is 0 Å². The van der Waals surface area contributed by atoms with E-state index >= 15 is 0 Å². The minimum absolute atomic E-state index is 0.116. The fourth-order valence-corrected chi connectivity index (χ4v) is 9.13. The molecule has 0 radical (unpaired) electrons. The van der Waals surface area contributed by atoms with Gasteiger partial charge in [0.05, 0.1) is 35.6 Å². The van der Waals surface area contributed by atoms with E-state index in [1.807, 2.05) is 0 Å². The molecule has 0 bridgehead atoms. The van der Waals surface area contributed by atoms with Gasteiger partial charge in [0.25, 0.3) is 0 Å². The highest BCUT2D eigenvalue weighted by atomic mass is 16.5. The number of allylic oxidation sites excluding steroid dienone is 2. The number of hydrogen-bond donors (Lipinski definition) is 2. The van der Waals surface area contributed by atoms with Gasteiger partial charge in [-0.2, -0.15) is 0 Å². The number of aliphatic hydroxyl groups excluding tert-OH is 2. The molecule has 2 aliphatic heterocycles. The zero-order chi connectivity index (χ0) is 24.7. The van der Waals surface area contributed by atoms with Gasteiger partial charge in [-0.1, -0.05) is 31.9 Å². The standard InChI is InChI=1S/C30H50O4/c1-26(2)22(31)12-15-28(5)18-19(8-11-24(28)33-26)20-9-10-21-29(20,6)17-14-25-30(21,7)16-13-23(32)27(3,4)34-25/h21-25,31-32H,8-18H2,1-7H3/b20-19+/t21-,22-,23+,24+,25+,28+,29-,30+/m1/s1. The number of hydrogen-bond acceptors (Lipinski definition) is 4. The molecule has 0 spiro atoms. The van der Waals surface area contributed by atoms with E-state index in [-0.39, 0.29) is 40.7 Å². The third kappa shape index (κ3) is 3.76. The van der Waals surface area contributed by atoms with Gasteiger partial charge >= 0.3 is 0 Å². The van der Waals surface area contributed by atoms with E-state index < -0.39 is 11.2 Å². The van der Waals surface area contributed by atoms with Crippen molar-refractivity contribution in [1.29, 1.82) is 0 Å². The Morgan fingerprint density at radius 1 is 0.676 bits per heavy atom. The monoisotopic (exact) mass is 474 g/mol. The lowest BCUT2D eigenvalue weighted by molar-refractivity contribution is -0.181. The largest absolute Gasteiger partial charge is 0.390 e. The van der Waals surface area contributed by atoms with Crippen LogP contribution in [-0.4, -0.2) is 45.8 Å². The quantitative estimate of drug-likeness (QED) is 0.403. The average Bonchev–Trinajstić information content (AvgIpc) is 3.04. The van der Waals surface area contributed by atoms with Crippen LogP contribution in [-0.2, 0) is 9.47 Å². The Labute approximate surface area is 207 Å². The second-order valence-corrected chi connectivity index (χ2v) is 14.5. The molecule has 3 saturated carbocycles. The van der Waals surface area contributed by atoms with Crippen LogP contribution in [0.5, 0.6) is 0 Å². The number of rotatable bonds is 0. The van der Waals surface area contributed by atoms with Crippen molar-refractivity contribution in [1.82, 2.24) is 0 Å². The molecule has 5 rings (SSSR count). The van der Waals surface area contributed by atoms with Crippen molar-refractivity contribution in [3.8, 4) is 0 Å². The molecule has 0 aromatic heterocycles. The van der Waals surface area contributed by atoms with Crippen LogP contribution >= 0.6 is 0 Å². The molecule has 0 unspecified atom stereocenters. The van der Waals surface area contributed by atoms with Gasteiger partial charge in [-0.15, -0.1) is 0 Å². The van der Waals surface area contributed by atoms with Gasteiger partial charge in [0.2, 0.25) is 0 Å². The highest BCUT2D eigenvalue weighted by molar-refractivity contribution is 5.32. The second kappa shape index (κ2) is 8.04. The summed E-state index contributed by atoms with van der Waals surface area (Å²) < 4.78 is 13.3. The van der Waals surface area contributed by atoms with E-state index in [1.54, 1.807) is 11.1 Å². The van der Waals surface area contributed by atoms with Crippen molar-refractivity contribution in [2.24, 2.45) is 22.2 Å². The zero-order valence-electron chi connectivity index (χ0n) is 22.9. The summed E-state index contributed by atoms with van der Waals surface area (Å²) in [4.78, 5) is 0. The fourth-order valence-electron chi connectivity index (χ4n) is 9.13. The number of aliphatic hydroxyl groups is 2. The second-order valence-electron chi connectivity index (χ2n) is 14.5. The molecule has 194 valence electrons. The predicted octanol–water partition coefficient (Wildman–Crippen LogP) is 6.33. The molecule has 5 aliphatic rings. The van der Waals surface area contributed by atoms with Gasteiger partial charge in [-0.3, -0.25) is 0 Å². The Morgan fingerprint density at radius 2 is 1.29 bits per heavy atom. The van der Waals surface area contributed by atoms with Crippen molar-refractivity contribution in [3.63, 3.8) is 0 Å². The molecule has 4 nitrogen and oxygen atoms in total. The average molecular weight is 475 g/mol. The highest BCUT2D eigenvalue weighted by Crippen LogP contribution is 2.66. The van der Waals surface area contributed by atoms with Gasteiger partial charge in [-0.05, 0) is 120 Å². The predicted molar refractivity (Wildman–Crippen MR) is 136 cm³/mol. The first-order chi connectivity index (χ1) is 15.7. The minimum atomic E-state index is -0.457. The van der Waals surface area contributed by atoms with Crippen molar-refractivity contribution in [2.75, 3.05) is 0 Å². The van der Waals surface area contributed by atoms with Crippen LogP contribution in [0.3, 0.4) is 0 Å². The summed E-state index contributed by atoms with van der Waals surface area (Å²) in [7, 11) is 0. The normalized spacial score (nSPS) is 52.7. The first kappa shape index (κ1) is 25.2. The molecule has 2 heterocycles. The Balaban J connectivity index is 1.44. The molecule has 4 heteroatoms. The van der Waals surface area contributed by atoms with Gasteiger partial charge in [0.15, 0.2) is 0 Å². The summed E-state index contributed by atoms with van der Waals surface area (Å²) in [6.07, 6.45) is 11.6. The van der Waals surface area contributed by atoms with Crippen LogP contribution in [0.15, 0.2) is 11.1 Å². The summed E-state index contributed by atoms with van der Waals surface area (Å²) in [6.45, 7) is 15.7. The lowest BCUT2D eigenvalue weighted by Crippen LogP contribution is -2.52. The Bertz CT molecular complexity index is 845. The number of fused-ring (bicyclic) bond motifs is 4. The summed E-state index contributed by atoms with van der Waals surface area (Å²) in [5, 5.41) is 21.5. The zero-order valence-corrected chi connectivity index (χ0v) is 22.9. The van der Waals surface area contributed by atoms with E-state index in [9.17, 15) is 10.2 Å². The molecular weight excluding hydrogens is 424 g/mol. The summed E-state index contributed by atoms with van der Waals surface area (Å²) in [5.74, 6) is 0.624. The first-order valence-electron chi connectivity index (χ1n) is 14.1. The van der Waals surface area contributed by atoms with E-state index in [2.05, 4.69) is 48.5 Å². The Morgan fingerprint density at radius 3 is 1.97 bits per heavy atom. The maximum atomic E-state index is 10.8. The van der Waals surface area contributed by atoms with E-state index in [1.165, 1.54) is 19.3 Å². The van der Waals surface area contributed by atoms with E-state index in [0.717, 1.165) is 51.4 Å². The molecule has 5 fully saturated rings. The van der Waals surface area contributed by atoms with Crippen LogP contribution in [0, 0.1) is 22.2 Å². The lowest BCUT2D eigenvalue weighted by Gasteiger charge is -2.54. The van der Waals surface area contributed by atoms with Gasteiger partial charge < -0.3 is 19.7 Å². The molecular formula is C30H50O4. The lowest BCUT2D eigenvalue weighted by atomic mass is 9.53. The third-order valence-electron chi connectivity index (χ3n) is 11.6. The van der Waals surface area contributed by atoms with Gasteiger partial charge in [0.1, 0.15) is 0 Å². The molecule has 0 aromatic carbocycles. The SMILES string of the molecule is CC1(C)O[C@H]2CC/C(=C3/CC[C@H]4[C@]5(C)CC[C@H](O)C(C)(C)O[C@H]5CC[C@]34C)C[C@]2(C)CC[C@H]1O. The molecule has 8 atom stereocenters. The van der Waals surface area contributed by atoms with Crippen LogP contribution in [0.2, 0.25) is 0 Å². The van der Waals surface area contributed by atoms with Crippen LogP contribution in [0.25, 0.3) is 0 Å². The molecule has 0 aromatic rings. The molecule has 2 N–H and O–H groups in total. The van der Waals surface area contributed by atoms with Crippen molar-refractivity contribution < 1.29 is 19.7 Å². The first-order valence-corrected chi connectivity index (χ1v) is 14.1. The highest BCUT2D eigenvalue weighted by Gasteiger charge is 2.60. The van der Waals surface area contributed by atoms with Gasteiger partial charge in [-0.25, -0.2) is 0 Å². The van der Waals surface area contributed by atoms with Crippen LogP contribution in [0.4, 0.5) is 0 Å². The van der Waals surface area contributed by atoms with E-state index in [0.29, 0.717) is 5.92 Å². The molecule has 0 amide bonds. The summed E-state index contributed by atoms with van der Waals surface area (Å²) in [5.41, 5.74) is 3.04. The van der Waals surface area contributed by atoms with Crippen LogP contribution < -0.4 is 0 Å². The third-order valence-corrected chi connectivity index (χ3v) is 11.6. The number of ether oxygens (including phenoxy) is 2. The Hall–Kier alpha value is -0.420. The Kier molecular flexibility index (Phi) is 5.97. The smallest absolute Gasteiger partial charge is 0.0888 e. The summed E-state index contributed by atoms with van der Waals surface area (Å²) in [6, 6.07) is 0. The van der Waals surface area contributed by atoms with Crippen molar-refractivity contribution in [3.05, 3.63) is 11.1 Å². The topological polar surface area (TPSA) is 58.9 Å². The fraction of sp³-hybridized carbons (Fsp3) is 0.933. The maximum Gasteiger partial charge on any atom is 0.0888 e. The summed E-state index contributed by atoms with van der Waals surface area (Å²) >= 11 is 0.